The number of hydrogen-bond donors (Lipinski definition) is 1. The number of unbranched alkanes of at least 4 members (excludes halogenated alkanes) is 7. The number of ether oxygens (including phenoxy) is 1. The molecule has 1 fully saturated rings. The first-order valence-electron chi connectivity index (χ1n) is 13.3. The summed E-state index contributed by atoms with van der Waals surface area (Å²) >= 11 is 0. The van der Waals surface area contributed by atoms with E-state index in [4.69, 9.17) is 4.74 Å². The monoisotopic (exact) mass is 410 g/mol. The topological polar surface area (TPSA) is 24.5 Å². The van der Waals surface area contributed by atoms with Crippen LogP contribution in [0.15, 0.2) is 0 Å². The molecule has 174 valence electrons. The minimum atomic E-state index is 0.787. The highest BCUT2D eigenvalue weighted by Gasteiger charge is 2.21. The molecule has 0 aromatic heterocycles. The van der Waals surface area contributed by atoms with Gasteiger partial charge in [-0.05, 0) is 63.6 Å². The summed E-state index contributed by atoms with van der Waals surface area (Å²) in [6.07, 6.45) is 19.3. The summed E-state index contributed by atoms with van der Waals surface area (Å²) < 4.78 is 5.97. The van der Waals surface area contributed by atoms with Crippen molar-refractivity contribution in [2.75, 3.05) is 45.9 Å². The molecule has 1 atom stereocenters. The molecule has 0 amide bonds. The molecule has 0 aromatic rings. The van der Waals surface area contributed by atoms with Crippen molar-refractivity contribution in [3.05, 3.63) is 0 Å². The van der Waals surface area contributed by atoms with Gasteiger partial charge in [0.05, 0.1) is 6.61 Å². The predicted octanol–water partition coefficient (Wildman–Crippen LogP) is 6.66. The van der Waals surface area contributed by atoms with Gasteiger partial charge < -0.3 is 15.0 Å². The average molecular weight is 411 g/mol. The van der Waals surface area contributed by atoms with Gasteiger partial charge in [0.25, 0.3) is 0 Å². The Bertz CT molecular complexity index is 329. The Hall–Kier alpha value is -0.120. The summed E-state index contributed by atoms with van der Waals surface area (Å²) in [5, 5.41) is 3.52. The van der Waals surface area contributed by atoms with Gasteiger partial charge in [-0.15, -0.1) is 0 Å². The van der Waals surface area contributed by atoms with Crippen LogP contribution in [-0.4, -0.2) is 50.8 Å². The fraction of sp³-hybridized carbons (Fsp3) is 1.00. The van der Waals surface area contributed by atoms with E-state index < -0.39 is 0 Å². The van der Waals surface area contributed by atoms with Gasteiger partial charge in [0, 0.05) is 19.7 Å². The Morgan fingerprint density at radius 2 is 1.45 bits per heavy atom. The molecule has 1 rings (SSSR count). The minimum Gasteiger partial charge on any atom is -0.380 e. The van der Waals surface area contributed by atoms with E-state index in [1.807, 2.05) is 0 Å². The molecule has 1 unspecified atom stereocenters. The Labute approximate surface area is 183 Å². The van der Waals surface area contributed by atoms with E-state index in [2.05, 4.69) is 31.0 Å². The third-order valence-corrected chi connectivity index (χ3v) is 6.64. The van der Waals surface area contributed by atoms with Crippen molar-refractivity contribution >= 4 is 0 Å². The first kappa shape index (κ1) is 26.9. The fourth-order valence-corrected chi connectivity index (χ4v) is 4.58. The SMILES string of the molecule is CCCCCCNCCOCC1CCN(CC(CCCC)CCCCCC)CC1. The zero-order valence-electron chi connectivity index (χ0n) is 20.4. The molecule has 1 aliphatic heterocycles. The molecule has 1 N–H and O–H groups in total. The number of hydrogen-bond acceptors (Lipinski definition) is 3. The van der Waals surface area contributed by atoms with Crippen molar-refractivity contribution in [2.45, 2.75) is 111 Å². The van der Waals surface area contributed by atoms with Crippen LogP contribution in [0.4, 0.5) is 0 Å². The maximum absolute atomic E-state index is 5.97. The normalized spacial score (nSPS) is 17.1. The second-order valence-electron chi connectivity index (χ2n) is 9.49. The quantitative estimate of drug-likeness (QED) is 0.227. The minimum absolute atomic E-state index is 0.787. The number of likely N-dealkylation sites (tertiary alicyclic amines) is 1. The number of rotatable bonds is 20. The Morgan fingerprint density at radius 3 is 2.14 bits per heavy atom. The van der Waals surface area contributed by atoms with Crippen LogP contribution in [0.25, 0.3) is 0 Å². The second-order valence-corrected chi connectivity index (χ2v) is 9.49. The Morgan fingerprint density at radius 1 is 0.793 bits per heavy atom. The van der Waals surface area contributed by atoms with E-state index in [9.17, 15) is 0 Å². The second kappa shape index (κ2) is 19.8. The van der Waals surface area contributed by atoms with Crippen LogP contribution >= 0.6 is 0 Å². The van der Waals surface area contributed by atoms with Gasteiger partial charge >= 0.3 is 0 Å². The van der Waals surface area contributed by atoms with Crippen molar-refractivity contribution < 1.29 is 4.74 Å². The third kappa shape index (κ3) is 15.3. The van der Waals surface area contributed by atoms with Crippen LogP contribution < -0.4 is 5.32 Å². The molecular formula is C26H54N2O. The largest absolute Gasteiger partial charge is 0.380 e. The van der Waals surface area contributed by atoms with Gasteiger partial charge in [-0.2, -0.15) is 0 Å². The van der Waals surface area contributed by atoms with Crippen LogP contribution in [0.5, 0.6) is 0 Å². The average Bonchev–Trinajstić information content (AvgIpc) is 2.74. The lowest BCUT2D eigenvalue weighted by Gasteiger charge is -2.34. The van der Waals surface area contributed by atoms with Gasteiger partial charge in [-0.3, -0.25) is 0 Å². The molecule has 3 nitrogen and oxygen atoms in total. The van der Waals surface area contributed by atoms with Gasteiger partial charge in [0.2, 0.25) is 0 Å². The molecule has 1 saturated heterocycles. The Balaban J connectivity index is 2.06. The van der Waals surface area contributed by atoms with Crippen molar-refractivity contribution in [2.24, 2.45) is 11.8 Å². The molecule has 0 aliphatic carbocycles. The lowest BCUT2D eigenvalue weighted by molar-refractivity contribution is 0.0634. The molecule has 0 saturated carbocycles. The van der Waals surface area contributed by atoms with Gasteiger partial charge in [0.1, 0.15) is 0 Å². The summed E-state index contributed by atoms with van der Waals surface area (Å²) in [4.78, 5) is 2.76. The van der Waals surface area contributed by atoms with Crippen molar-refractivity contribution in [1.29, 1.82) is 0 Å². The predicted molar refractivity (Wildman–Crippen MR) is 129 cm³/mol. The first-order valence-corrected chi connectivity index (χ1v) is 13.3. The van der Waals surface area contributed by atoms with Crippen LogP contribution in [0.3, 0.4) is 0 Å². The summed E-state index contributed by atoms with van der Waals surface area (Å²) in [7, 11) is 0. The molecule has 0 radical (unpaired) electrons. The summed E-state index contributed by atoms with van der Waals surface area (Å²) in [6, 6.07) is 0. The molecule has 1 aliphatic rings. The van der Waals surface area contributed by atoms with Gasteiger partial charge in [-0.1, -0.05) is 78.6 Å². The van der Waals surface area contributed by atoms with Crippen LogP contribution in [-0.2, 0) is 4.74 Å². The van der Waals surface area contributed by atoms with E-state index >= 15 is 0 Å². The number of nitrogens with zero attached hydrogens (tertiary/aromatic N) is 1. The van der Waals surface area contributed by atoms with Crippen molar-refractivity contribution in [3.8, 4) is 0 Å². The molecular weight excluding hydrogens is 356 g/mol. The lowest BCUT2D eigenvalue weighted by atomic mass is 9.92. The van der Waals surface area contributed by atoms with Crippen LogP contribution in [0.2, 0.25) is 0 Å². The smallest absolute Gasteiger partial charge is 0.0591 e. The standard InChI is InChI=1S/C26H54N2O/c1-4-7-10-12-15-25(14-9-6-3)23-28-20-16-26(17-21-28)24-29-22-19-27-18-13-11-8-5-2/h25-27H,4-24H2,1-3H3. The van der Waals surface area contributed by atoms with Crippen LogP contribution in [0, 0.1) is 11.8 Å². The van der Waals surface area contributed by atoms with E-state index in [0.717, 1.165) is 38.1 Å². The molecule has 0 bridgehead atoms. The van der Waals surface area contributed by atoms with Crippen molar-refractivity contribution in [1.82, 2.24) is 10.2 Å². The number of piperidine rings is 1. The third-order valence-electron chi connectivity index (χ3n) is 6.64. The van der Waals surface area contributed by atoms with Gasteiger partial charge in [0.15, 0.2) is 0 Å². The highest BCUT2D eigenvalue weighted by Crippen LogP contribution is 2.23. The first-order chi connectivity index (χ1) is 14.3. The van der Waals surface area contributed by atoms with Crippen LogP contribution in [0.1, 0.15) is 111 Å². The van der Waals surface area contributed by atoms with E-state index in [-0.39, 0.29) is 0 Å². The zero-order chi connectivity index (χ0) is 21.0. The fourth-order valence-electron chi connectivity index (χ4n) is 4.58. The van der Waals surface area contributed by atoms with Crippen molar-refractivity contribution in [3.63, 3.8) is 0 Å². The highest BCUT2D eigenvalue weighted by atomic mass is 16.5. The van der Waals surface area contributed by atoms with E-state index in [1.54, 1.807) is 0 Å². The Kier molecular flexibility index (Phi) is 18.4. The summed E-state index contributed by atoms with van der Waals surface area (Å²) in [5.74, 6) is 1.72. The maximum atomic E-state index is 5.97. The van der Waals surface area contributed by atoms with E-state index in [0.29, 0.717) is 0 Å². The number of nitrogens with one attached hydrogen (secondary N) is 1. The zero-order valence-corrected chi connectivity index (χ0v) is 20.4. The lowest BCUT2D eigenvalue weighted by Crippen LogP contribution is -2.38. The summed E-state index contributed by atoms with van der Waals surface area (Å²) in [6.45, 7) is 14.9. The molecule has 0 aromatic carbocycles. The summed E-state index contributed by atoms with van der Waals surface area (Å²) in [5.41, 5.74) is 0. The molecule has 3 heteroatoms. The molecule has 29 heavy (non-hydrogen) atoms. The van der Waals surface area contributed by atoms with E-state index in [1.165, 1.54) is 110 Å². The van der Waals surface area contributed by atoms with Gasteiger partial charge in [-0.25, -0.2) is 0 Å². The maximum Gasteiger partial charge on any atom is 0.0591 e. The molecule has 0 spiro atoms. The highest BCUT2D eigenvalue weighted by molar-refractivity contribution is 4.75. The molecule has 1 heterocycles.